The lowest BCUT2D eigenvalue weighted by Crippen LogP contribution is -2.12. The van der Waals surface area contributed by atoms with Crippen LogP contribution < -0.4 is 14.8 Å². The summed E-state index contributed by atoms with van der Waals surface area (Å²) < 4.78 is 10.6. The normalized spacial score (nSPS) is 10.2. The van der Waals surface area contributed by atoms with Crippen LogP contribution in [0.4, 0.5) is 11.4 Å². The zero-order valence-corrected chi connectivity index (χ0v) is 14.9. The highest BCUT2D eigenvalue weighted by Gasteiger charge is 2.18. The van der Waals surface area contributed by atoms with Gasteiger partial charge in [-0.05, 0) is 42.8 Å². The summed E-state index contributed by atoms with van der Waals surface area (Å²) in [5, 5.41) is 13.8. The molecular formula is C19H22N2O5. The maximum absolute atomic E-state index is 12.3. The number of ether oxygens (including phenoxy) is 2. The minimum absolute atomic E-state index is 0.108. The van der Waals surface area contributed by atoms with Crippen LogP contribution in [-0.4, -0.2) is 24.5 Å². The van der Waals surface area contributed by atoms with Crippen molar-refractivity contribution in [2.24, 2.45) is 0 Å². The van der Waals surface area contributed by atoms with Gasteiger partial charge in [0.25, 0.3) is 5.91 Å². The number of nitrogens with one attached hydrogen (secondary N) is 1. The number of carbonyl (C=O) groups is 1. The van der Waals surface area contributed by atoms with E-state index < -0.39 is 10.8 Å². The summed E-state index contributed by atoms with van der Waals surface area (Å²) >= 11 is 0. The second-order valence-electron chi connectivity index (χ2n) is 5.68. The lowest BCUT2D eigenvalue weighted by atomic mass is 10.1. The van der Waals surface area contributed by atoms with Crippen LogP contribution in [0.25, 0.3) is 0 Å². The summed E-state index contributed by atoms with van der Waals surface area (Å²) in [5.41, 5.74) is 0.503. The second kappa shape index (κ2) is 9.41. The summed E-state index contributed by atoms with van der Waals surface area (Å²) in [6.07, 6.45) is 3.27. The van der Waals surface area contributed by atoms with Crippen LogP contribution in [0.15, 0.2) is 42.5 Å². The second-order valence-corrected chi connectivity index (χ2v) is 5.68. The van der Waals surface area contributed by atoms with Crippen molar-refractivity contribution in [2.75, 3.05) is 19.0 Å². The highest BCUT2D eigenvalue weighted by Crippen LogP contribution is 2.28. The minimum Gasteiger partial charge on any atom is -0.494 e. The maximum Gasteiger partial charge on any atom is 0.311 e. The van der Waals surface area contributed by atoms with Gasteiger partial charge in [0.05, 0.1) is 18.6 Å². The van der Waals surface area contributed by atoms with Crippen molar-refractivity contribution in [2.45, 2.75) is 26.2 Å². The first kappa shape index (κ1) is 19.2. The zero-order valence-electron chi connectivity index (χ0n) is 14.9. The smallest absolute Gasteiger partial charge is 0.311 e. The Morgan fingerprint density at radius 2 is 1.88 bits per heavy atom. The number of hydrogen-bond donors (Lipinski definition) is 1. The molecule has 2 aromatic rings. The number of nitro groups is 1. The van der Waals surface area contributed by atoms with Crippen molar-refractivity contribution >= 4 is 17.3 Å². The first-order valence-electron chi connectivity index (χ1n) is 8.41. The van der Waals surface area contributed by atoms with Crippen LogP contribution >= 0.6 is 0 Å². The molecule has 0 aromatic heterocycles. The molecule has 26 heavy (non-hydrogen) atoms. The fourth-order valence-electron chi connectivity index (χ4n) is 2.35. The standard InChI is InChI=1S/C19H22N2O5/c1-3-4-5-12-26-16-9-7-15(8-10-16)20-19(22)14-6-11-18(25-2)17(13-14)21(23)24/h6-11,13H,3-5,12H2,1-2H3,(H,20,22). The third-order valence-corrected chi connectivity index (χ3v) is 3.77. The van der Waals surface area contributed by atoms with Gasteiger partial charge in [-0.2, -0.15) is 0 Å². The number of nitrogens with zero attached hydrogens (tertiary/aromatic N) is 1. The predicted octanol–water partition coefficient (Wildman–Crippen LogP) is 4.42. The molecule has 0 aliphatic heterocycles. The SMILES string of the molecule is CCCCCOc1ccc(NC(=O)c2ccc(OC)c([N+](=O)[O-])c2)cc1. The molecule has 7 nitrogen and oxygen atoms in total. The Morgan fingerprint density at radius 1 is 1.15 bits per heavy atom. The van der Waals surface area contributed by atoms with E-state index in [1.54, 1.807) is 24.3 Å². The lowest BCUT2D eigenvalue weighted by Gasteiger charge is -2.09. The van der Waals surface area contributed by atoms with E-state index in [1.165, 1.54) is 25.3 Å². The topological polar surface area (TPSA) is 90.7 Å². The number of benzene rings is 2. The fraction of sp³-hybridized carbons (Fsp3) is 0.316. The summed E-state index contributed by atoms with van der Waals surface area (Å²) in [5.74, 6) is 0.405. The van der Waals surface area contributed by atoms with E-state index in [0.29, 0.717) is 12.3 Å². The van der Waals surface area contributed by atoms with Gasteiger partial charge in [0.1, 0.15) is 5.75 Å². The molecule has 0 bridgehead atoms. The monoisotopic (exact) mass is 358 g/mol. The Kier molecular flexibility index (Phi) is 6.96. The van der Waals surface area contributed by atoms with Gasteiger partial charge < -0.3 is 14.8 Å². The Morgan fingerprint density at radius 3 is 2.50 bits per heavy atom. The first-order chi connectivity index (χ1) is 12.5. The van der Waals surface area contributed by atoms with E-state index in [0.717, 1.165) is 25.0 Å². The molecule has 7 heteroatoms. The van der Waals surface area contributed by atoms with Gasteiger partial charge in [0.2, 0.25) is 0 Å². The molecule has 0 atom stereocenters. The summed E-state index contributed by atoms with van der Waals surface area (Å²) in [6.45, 7) is 2.80. The number of carbonyl (C=O) groups excluding carboxylic acids is 1. The minimum atomic E-state index is -0.583. The van der Waals surface area contributed by atoms with E-state index in [2.05, 4.69) is 12.2 Å². The first-order valence-corrected chi connectivity index (χ1v) is 8.41. The van der Waals surface area contributed by atoms with Gasteiger partial charge in [0, 0.05) is 17.3 Å². The van der Waals surface area contributed by atoms with Crippen LogP contribution in [-0.2, 0) is 0 Å². The Balaban J connectivity index is 2.01. The molecule has 0 saturated heterocycles. The van der Waals surface area contributed by atoms with Gasteiger partial charge in [-0.15, -0.1) is 0 Å². The fourth-order valence-corrected chi connectivity index (χ4v) is 2.35. The number of anilines is 1. The van der Waals surface area contributed by atoms with Gasteiger partial charge in [-0.3, -0.25) is 14.9 Å². The van der Waals surface area contributed by atoms with E-state index in [4.69, 9.17) is 9.47 Å². The Bertz CT molecular complexity index is 759. The van der Waals surface area contributed by atoms with Crippen molar-refractivity contribution in [3.05, 3.63) is 58.1 Å². The molecule has 0 heterocycles. The van der Waals surface area contributed by atoms with Gasteiger partial charge in [-0.25, -0.2) is 0 Å². The maximum atomic E-state index is 12.3. The number of methoxy groups -OCH3 is 1. The molecular weight excluding hydrogens is 336 g/mol. The van der Waals surface area contributed by atoms with Crippen molar-refractivity contribution in [3.8, 4) is 11.5 Å². The number of amides is 1. The number of rotatable bonds is 9. The van der Waals surface area contributed by atoms with Crippen LogP contribution in [0.2, 0.25) is 0 Å². The molecule has 2 rings (SSSR count). The molecule has 0 fully saturated rings. The summed E-state index contributed by atoms with van der Waals surface area (Å²) in [6, 6.07) is 11.1. The van der Waals surface area contributed by atoms with Gasteiger partial charge in [-0.1, -0.05) is 19.8 Å². The van der Waals surface area contributed by atoms with Crippen molar-refractivity contribution in [3.63, 3.8) is 0 Å². The molecule has 0 aliphatic rings. The van der Waals surface area contributed by atoms with E-state index in [9.17, 15) is 14.9 Å². The predicted molar refractivity (Wildman–Crippen MR) is 99.1 cm³/mol. The third kappa shape index (κ3) is 5.20. The van der Waals surface area contributed by atoms with Crippen LogP contribution in [0, 0.1) is 10.1 Å². The molecule has 0 radical (unpaired) electrons. The molecule has 138 valence electrons. The molecule has 0 spiro atoms. The number of hydrogen-bond acceptors (Lipinski definition) is 5. The summed E-state index contributed by atoms with van der Waals surface area (Å²) in [4.78, 5) is 22.8. The molecule has 0 aliphatic carbocycles. The van der Waals surface area contributed by atoms with Crippen LogP contribution in [0.1, 0.15) is 36.5 Å². The summed E-state index contributed by atoms with van der Waals surface area (Å²) in [7, 11) is 1.34. The Hall–Kier alpha value is -3.09. The molecule has 0 saturated carbocycles. The van der Waals surface area contributed by atoms with E-state index >= 15 is 0 Å². The van der Waals surface area contributed by atoms with Crippen molar-refractivity contribution in [1.82, 2.24) is 0 Å². The molecule has 2 aromatic carbocycles. The Labute approximate surface area is 152 Å². The third-order valence-electron chi connectivity index (χ3n) is 3.77. The van der Waals surface area contributed by atoms with E-state index in [1.807, 2.05) is 0 Å². The number of nitro benzene ring substituents is 1. The lowest BCUT2D eigenvalue weighted by molar-refractivity contribution is -0.385. The van der Waals surface area contributed by atoms with Crippen LogP contribution in [0.5, 0.6) is 11.5 Å². The van der Waals surface area contributed by atoms with Crippen molar-refractivity contribution in [1.29, 1.82) is 0 Å². The zero-order chi connectivity index (χ0) is 18.9. The highest BCUT2D eigenvalue weighted by molar-refractivity contribution is 6.04. The molecule has 1 amide bonds. The van der Waals surface area contributed by atoms with Crippen molar-refractivity contribution < 1.29 is 19.2 Å². The highest BCUT2D eigenvalue weighted by atomic mass is 16.6. The van der Waals surface area contributed by atoms with E-state index in [-0.39, 0.29) is 17.0 Å². The van der Waals surface area contributed by atoms with Gasteiger partial charge >= 0.3 is 5.69 Å². The largest absolute Gasteiger partial charge is 0.494 e. The molecule has 0 unspecified atom stereocenters. The van der Waals surface area contributed by atoms with Crippen LogP contribution in [0.3, 0.4) is 0 Å². The van der Waals surface area contributed by atoms with Gasteiger partial charge in [0.15, 0.2) is 5.75 Å². The quantitative estimate of drug-likeness (QED) is 0.407. The number of unbranched alkanes of at least 4 members (excludes halogenated alkanes) is 2. The average molecular weight is 358 g/mol. The average Bonchev–Trinajstić information content (AvgIpc) is 2.65. The molecule has 1 N–H and O–H groups in total.